The summed E-state index contributed by atoms with van der Waals surface area (Å²) in [5.74, 6) is 1.15. The molecule has 0 atom stereocenters. The lowest BCUT2D eigenvalue weighted by Gasteiger charge is -2.30. The maximum atomic E-state index is 5.45. The van der Waals surface area contributed by atoms with E-state index in [9.17, 15) is 0 Å². The number of nitrogens with zero attached hydrogens (tertiary/aromatic N) is 4. The maximum absolute atomic E-state index is 5.45. The molecule has 1 aromatic heterocycles. The molecule has 0 unspecified atom stereocenters. The van der Waals surface area contributed by atoms with Gasteiger partial charge < -0.3 is 20.3 Å². The van der Waals surface area contributed by atoms with Crippen LogP contribution in [-0.2, 0) is 11.3 Å². The van der Waals surface area contributed by atoms with Gasteiger partial charge in [-0.05, 0) is 17.7 Å². The van der Waals surface area contributed by atoms with Gasteiger partial charge in [-0.3, -0.25) is 0 Å². The number of nitrogens with one attached hydrogen (secondary N) is 2. The molecule has 4 rings (SSSR count). The average Bonchev–Trinajstić information content (AvgIpc) is 2.74. The Kier molecular flexibility index (Phi) is 5.40. The number of benzene rings is 2. The fourth-order valence-corrected chi connectivity index (χ4v) is 3.01. The van der Waals surface area contributed by atoms with Crippen LogP contribution in [0.2, 0.25) is 0 Å². The zero-order valence-electron chi connectivity index (χ0n) is 15.0. The molecule has 0 bridgehead atoms. The van der Waals surface area contributed by atoms with Gasteiger partial charge in [0, 0.05) is 19.6 Å². The van der Waals surface area contributed by atoms with Gasteiger partial charge in [0.25, 0.3) is 0 Å². The fraction of sp³-hybridized carbons (Fsp3) is 0.250. The second-order valence-corrected chi connectivity index (χ2v) is 6.25. The second-order valence-electron chi connectivity index (χ2n) is 6.25. The molecule has 0 saturated carbocycles. The zero-order valence-corrected chi connectivity index (χ0v) is 15.0. The molecule has 27 heavy (non-hydrogen) atoms. The summed E-state index contributed by atoms with van der Waals surface area (Å²) < 4.78 is 5.45. The van der Waals surface area contributed by atoms with E-state index in [0.29, 0.717) is 18.3 Å². The number of para-hydroxylation sites is 2. The van der Waals surface area contributed by atoms with Gasteiger partial charge in [-0.25, -0.2) is 0 Å². The van der Waals surface area contributed by atoms with Gasteiger partial charge in [0.05, 0.1) is 30.8 Å². The van der Waals surface area contributed by atoms with Gasteiger partial charge in [-0.2, -0.15) is 10.1 Å². The van der Waals surface area contributed by atoms with Crippen molar-refractivity contribution in [2.45, 2.75) is 6.54 Å². The first-order valence-corrected chi connectivity index (χ1v) is 9.05. The van der Waals surface area contributed by atoms with E-state index in [-0.39, 0.29) is 0 Å². The van der Waals surface area contributed by atoms with Crippen molar-refractivity contribution in [2.24, 2.45) is 0 Å². The van der Waals surface area contributed by atoms with E-state index in [0.717, 1.165) is 37.7 Å². The topological polar surface area (TPSA) is 75.2 Å². The molecule has 1 saturated heterocycles. The van der Waals surface area contributed by atoms with Crippen molar-refractivity contribution in [3.63, 3.8) is 0 Å². The van der Waals surface area contributed by atoms with Crippen LogP contribution in [0.1, 0.15) is 5.56 Å². The minimum Gasteiger partial charge on any atom is -0.378 e. The van der Waals surface area contributed by atoms with E-state index in [2.05, 4.69) is 48.9 Å². The standard InChI is InChI=1S/C20H22N6O/c1-2-6-16(7-3-1)14-21-19-15-22-25-20(24-19)23-17-8-4-5-9-18(17)26-10-12-27-13-11-26/h1-9,15H,10-14H2,(H2,21,23,24,25). The molecule has 2 aromatic carbocycles. The predicted molar refractivity (Wildman–Crippen MR) is 106 cm³/mol. The van der Waals surface area contributed by atoms with Crippen LogP contribution in [0.3, 0.4) is 0 Å². The molecule has 1 fully saturated rings. The molecule has 7 nitrogen and oxygen atoms in total. The Morgan fingerprint density at radius 2 is 1.74 bits per heavy atom. The largest absolute Gasteiger partial charge is 0.378 e. The van der Waals surface area contributed by atoms with Crippen molar-refractivity contribution in [2.75, 3.05) is 41.8 Å². The van der Waals surface area contributed by atoms with E-state index < -0.39 is 0 Å². The van der Waals surface area contributed by atoms with Crippen LogP contribution < -0.4 is 15.5 Å². The highest BCUT2D eigenvalue weighted by Gasteiger charge is 2.15. The lowest BCUT2D eigenvalue weighted by atomic mass is 10.2. The first kappa shape index (κ1) is 17.2. The molecule has 0 amide bonds. The Morgan fingerprint density at radius 3 is 2.59 bits per heavy atom. The molecule has 1 aliphatic heterocycles. The first-order valence-electron chi connectivity index (χ1n) is 9.05. The SMILES string of the molecule is c1ccc(CNc2cnnc(Nc3ccccc3N3CCOCC3)n2)cc1. The molecule has 2 N–H and O–H groups in total. The summed E-state index contributed by atoms with van der Waals surface area (Å²) in [4.78, 5) is 6.83. The number of rotatable bonds is 6. The van der Waals surface area contributed by atoms with Crippen LogP contribution in [0.25, 0.3) is 0 Å². The van der Waals surface area contributed by atoms with Crippen molar-refractivity contribution in [3.05, 3.63) is 66.4 Å². The van der Waals surface area contributed by atoms with Crippen LogP contribution in [0.4, 0.5) is 23.1 Å². The van der Waals surface area contributed by atoms with Gasteiger partial charge in [0.2, 0.25) is 5.95 Å². The Bertz CT molecular complexity index is 867. The highest BCUT2D eigenvalue weighted by molar-refractivity contribution is 5.73. The highest BCUT2D eigenvalue weighted by atomic mass is 16.5. The minimum absolute atomic E-state index is 0.466. The van der Waals surface area contributed by atoms with E-state index in [4.69, 9.17) is 4.74 Å². The zero-order chi connectivity index (χ0) is 18.3. The van der Waals surface area contributed by atoms with Crippen molar-refractivity contribution >= 4 is 23.1 Å². The minimum atomic E-state index is 0.466. The summed E-state index contributed by atoms with van der Waals surface area (Å²) in [5, 5.41) is 14.8. The van der Waals surface area contributed by atoms with Gasteiger partial charge in [-0.15, -0.1) is 5.10 Å². The highest BCUT2D eigenvalue weighted by Crippen LogP contribution is 2.28. The third-order valence-electron chi connectivity index (χ3n) is 4.38. The van der Waals surface area contributed by atoms with E-state index >= 15 is 0 Å². The number of aromatic nitrogens is 3. The normalized spacial score (nSPS) is 14.0. The van der Waals surface area contributed by atoms with Crippen LogP contribution in [0, 0.1) is 0 Å². The first-order chi connectivity index (χ1) is 13.4. The number of hydrogen-bond acceptors (Lipinski definition) is 7. The van der Waals surface area contributed by atoms with Crippen molar-refractivity contribution in [1.82, 2.24) is 15.2 Å². The third-order valence-corrected chi connectivity index (χ3v) is 4.38. The summed E-state index contributed by atoms with van der Waals surface area (Å²) in [6.45, 7) is 3.91. The smallest absolute Gasteiger partial charge is 0.249 e. The number of ether oxygens (including phenoxy) is 1. The monoisotopic (exact) mass is 362 g/mol. The number of morpholine rings is 1. The fourth-order valence-electron chi connectivity index (χ4n) is 3.01. The molecule has 0 spiro atoms. The van der Waals surface area contributed by atoms with Gasteiger partial charge in [-0.1, -0.05) is 42.5 Å². The lowest BCUT2D eigenvalue weighted by molar-refractivity contribution is 0.123. The molecule has 138 valence electrons. The van der Waals surface area contributed by atoms with Crippen LogP contribution in [-0.4, -0.2) is 41.5 Å². The molecule has 0 radical (unpaired) electrons. The van der Waals surface area contributed by atoms with E-state index in [1.807, 2.05) is 36.4 Å². The second kappa shape index (κ2) is 8.46. The summed E-state index contributed by atoms with van der Waals surface area (Å²) in [5.41, 5.74) is 3.26. The molecular weight excluding hydrogens is 340 g/mol. The maximum Gasteiger partial charge on any atom is 0.249 e. The van der Waals surface area contributed by atoms with Crippen molar-refractivity contribution in [3.8, 4) is 0 Å². The molecule has 7 heteroatoms. The number of anilines is 4. The van der Waals surface area contributed by atoms with Gasteiger partial charge in [0.1, 0.15) is 0 Å². The Hall–Kier alpha value is -3.19. The van der Waals surface area contributed by atoms with Crippen molar-refractivity contribution in [1.29, 1.82) is 0 Å². The van der Waals surface area contributed by atoms with Crippen LogP contribution in [0.5, 0.6) is 0 Å². The average molecular weight is 362 g/mol. The van der Waals surface area contributed by atoms with Gasteiger partial charge in [0.15, 0.2) is 5.82 Å². The van der Waals surface area contributed by atoms with Crippen molar-refractivity contribution < 1.29 is 4.74 Å². The Morgan fingerprint density at radius 1 is 0.963 bits per heavy atom. The van der Waals surface area contributed by atoms with Crippen LogP contribution in [0.15, 0.2) is 60.8 Å². The Labute approximate surface area is 158 Å². The third kappa shape index (κ3) is 4.51. The predicted octanol–water partition coefficient (Wildman–Crippen LogP) is 3.06. The van der Waals surface area contributed by atoms with E-state index in [1.165, 1.54) is 5.56 Å². The Balaban J connectivity index is 1.47. The lowest BCUT2D eigenvalue weighted by Crippen LogP contribution is -2.36. The molecule has 1 aliphatic rings. The van der Waals surface area contributed by atoms with Crippen LogP contribution >= 0.6 is 0 Å². The summed E-state index contributed by atoms with van der Waals surface area (Å²) in [6.07, 6.45) is 1.63. The summed E-state index contributed by atoms with van der Waals surface area (Å²) >= 11 is 0. The molecule has 0 aliphatic carbocycles. The molecule has 2 heterocycles. The quantitative estimate of drug-likeness (QED) is 0.698. The van der Waals surface area contributed by atoms with Gasteiger partial charge >= 0.3 is 0 Å². The summed E-state index contributed by atoms with van der Waals surface area (Å²) in [7, 11) is 0. The molecule has 3 aromatic rings. The summed E-state index contributed by atoms with van der Waals surface area (Å²) in [6, 6.07) is 18.3. The molecular formula is C20H22N6O. The number of hydrogen-bond donors (Lipinski definition) is 2. The van der Waals surface area contributed by atoms with E-state index in [1.54, 1.807) is 6.20 Å².